The molecule has 1 saturated heterocycles. The lowest BCUT2D eigenvalue weighted by Gasteiger charge is -2.24. The van der Waals surface area contributed by atoms with Gasteiger partial charge in [0.2, 0.25) is 17.8 Å². The largest absolute Gasteiger partial charge is 0.368 e. The molecule has 0 radical (unpaired) electrons. The SMILES string of the molecule is Nc1nc(N)nc(SCC(=O)N2CCS[C@H]2c2ccccc2F)n1. The summed E-state index contributed by atoms with van der Waals surface area (Å²) in [5.41, 5.74) is 11.5. The van der Waals surface area contributed by atoms with Crippen LogP contribution in [0.15, 0.2) is 29.4 Å². The van der Waals surface area contributed by atoms with Gasteiger partial charge < -0.3 is 16.4 Å². The second-order valence-corrected chi connectivity index (χ2v) is 7.09. The molecule has 0 spiro atoms. The Kier molecular flexibility index (Phi) is 5.05. The summed E-state index contributed by atoms with van der Waals surface area (Å²) in [6.45, 7) is 0.574. The van der Waals surface area contributed by atoms with Crippen LogP contribution in [0.1, 0.15) is 10.9 Å². The third-order valence-electron chi connectivity index (χ3n) is 3.36. The summed E-state index contributed by atoms with van der Waals surface area (Å²) >= 11 is 2.68. The van der Waals surface area contributed by atoms with Crippen LogP contribution in [0.3, 0.4) is 0 Å². The molecule has 1 amide bonds. The number of hydrogen-bond donors (Lipinski definition) is 2. The zero-order valence-corrected chi connectivity index (χ0v) is 14.2. The van der Waals surface area contributed by atoms with Crippen molar-refractivity contribution >= 4 is 41.3 Å². The first-order valence-electron chi connectivity index (χ1n) is 7.10. The number of rotatable bonds is 4. The molecule has 4 N–H and O–H groups in total. The average molecular weight is 366 g/mol. The number of benzene rings is 1. The number of nitrogens with zero attached hydrogens (tertiary/aromatic N) is 4. The molecule has 3 rings (SSSR count). The molecule has 1 aromatic heterocycles. The van der Waals surface area contributed by atoms with Crippen molar-refractivity contribution in [3.8, 4) is 0 Å². The van der Waals surface area contributed by atoms with Crippen molar-refractivity contribution in [2.45, 2.75) is 10.5 Å². The van der Waals surface area contributed by atoms with Crippen LogP contribution in [-0.4, -0.2) is 43.8 Å². The number of aromatic nitrogens is 3. The Hall–Kier alpha value is -2.07. The molecule has 1 aliphatic rings. The minimum Gasteiger partial charge on any atom is -0.368 e. The summed E-state index contributed by atoms with van der Waals surface area (Å²) in [6.07, 6.45) is 0. The predicted molar refractivity (Wildman–Crippen MR) is 92.7 cm³/mol. The Morgan fingerprint density at radius 2 is 2.00 bits per heavy atom. The molecule has 1 aliphatic heterocycles. The number of carbonyl (C=O) groups excluding carboxylic acids is 1. The van der Waals surface area contributed by atoms with E-state index in [0.29, 0.717) is 17.3 Å². The monoisotopic (exact) mass is 366 g/mol. The van der Waals surface area contributed by atoms with E-state index in [1.165, 1.54) is 6.07 Å². The Labute approximate surface area is 146 Å². The highest BCUT2D eigenvalue weighted by atomic mass is 32.2. The van der Waals surface area contributed by atoms with E-state index in [1.54, 1.807) is 34.9 Å². The molecular formula is C14H15FN6OS2. The van der Waals surface area contributed by atoms with Gasteiger partial charge in [-0.1, -0.05) is 30.0 Å². The minimum atomic E-state index is -0.312. The first kappa shape index (κ1) is 16.8. The summed E-state index contributed by atoms with van der Waals surface area (Å²) in [5, 5.41) is -0.0181. The second-order valence-electron chi connectivity index (χ2n) is 4.95. The van der Waals surface area contributed by atoms with Gasteiger partial charge in [-0.3, -0.25) is 4.79 Å². The molecular weight excluding hydrogens is 351 g/mol. The summed E-state index contributed by atoms with van der Waals surface area (Å²) in [4.78, 5) is 25.7. The van der Waals surface area contributed by atoms with Gasteiger partial charge in [0.05, 0.1) is 5.75 Å². The van der Waals surface area contributed by atoms with E-state index in [0.717, 1.165) is 17.5 Å². The van der Waals surface area contributed by atoms with Crippen LogP contribution in [0.4, 0.5) is 16.3 Å². The predicted octanol–water partition coefficient (Wildman–Crippen LogP) is 1.54. The number of thioether (sulfide) groups is 2. The highest BCUT2D eigenvalue weighted by molar-refractivity contribution is 8.00. The van der Waals surface area contributed by atoms with Gasteiger partial charge in [-0.05, 0) is 6.07 Å². The van der Waals surface area contributed by atoms with Crippen molar-refractivity contribution in [2.75, 3.05) is 29.5 Å². The zero-order chi connectivity index (χ0) is 17.1. The minimum absolute atomic E-state index is 0.0124. The molecule has 0 aliphatic carbocycles. The highest BCUT2D eigenvalue weighted by Crippen LogP contribution is 2.39. The molecule has 0 saturated carbocycles. The van der Waals surface area contributed by atoms with Gasteiger partial charge in [-0.25, -0.2) is 4.39 Å². The maximum absolute atomic E-state index is 14.0. The lowest BCUT2D eigenvalue weighted by atomic mass is 10.2. The Balaban J connectivity index is 1.69. The maximum Gasteiger partial charge on any atom is 0.234 e. The lowest BCUT2D eigenvalue weighted by Crippen LogP contribution is -2.32. The van der Waals surface area contributed by atoms with Gasteiger partial charge in [0, 0.05) is 17.9 Å². The van der Waals surface area contributed by atoms with E-state index in [4.69, 9.17) is 11.5 Å². The van der Waals surface area contributed by atoms with Gasteiger partial charge in [-0.15, -0.1) is 11.8 Å². The van der Waals surface area contributed by atoms with Crippen molar-refractivity contribution in [1.29, 1.82) is 0 Å². The first-order valence-corrected chi connectivity index (χ1v) is 9.13. The van der Waals surface area contributed by atoms with Crippen LogP contribution in [0.25, 0.3) is 0 Å². The summed E-state index contributed by atoms with van der Waals surface area (Å²) in [5.74, 6) is 0.489. The molecule has 126 valence electrons. The van der Waals surface area contributed by atoms with Crippen LogP contribution < -0.4 is 11.5 Å². The van der Waals surface area contributed by atoms with Crippen LogP contribution >= 0.6 is 23.5 Å². The van der Waals surface area contributed by atoms with Crippen molar-refractivity contribution < 1.29 is 9.18 Å². The number of nitrogens with two attached hydrogens (primary N) is 2. The van der Waals surface area contributed by atoms with E-state index in [9.17, 15) is 9.18 Å². The van der Waals surface area contributed by atoms with E-state index in [1.807, 2.05) is 0 Å². The summed E-state index contributed by atoms with van der Waals surface area (Å²) < 4.78 is 14.0. The quantitative estimate of drug-likeness (QED) is 0.784. The number of anilines is 2. The first-order chi connectivity index (χ1) is 11.5. The molecule has 10 heteroatoms. The molecule has 0 unspecified atom stereocenters. The summed E-state index contributed by atoms with van der Waals surface area (Å²) in [7, 11) is 0. The molecule has 7 nitrogen and oxygen atoms in total. The Morgan fingerprint density at radius 1 is 1.29 bits per heavy atom. The van der Waals surface area contributed by atoms with Gasteiger partial charge in [0.1, 0.15) is 11.2 Å². The topological polar surface area (TPSA) is 111 Å². The van der Waals surface area contributed by atoms with E-state index < -0.39 is 0 Å². The second kappa shape index (κ2) is 7.22. The standard InChI is InChI=1S/C14H15FN6OS2/c15-9-4-2-1-3-8(9)11-21(5-6-23-11)10(22)7-24-14-19-12(16)18-13(17)20-14/h1-4,11H,5-7H2,(H4,16,17,18,19,20)/t11-/m0/s1. The summed E-state index contributed by atoms with van der Waals surface area (Å²) in [6, 6.07) is 6.52. The fourth-order valence-corrected chi connectivity index (χ4v) is 4.35. The molecule has 2 aromatic rings. The van der Waals surface area contributed by atoms with Gasteiger partial charge in [0.15, 0.2) is 5.16 Å². The Morgan fingerprint density at radius 3 is 2.71 bits per heavy atom. The molecule has 2 heterocycles. The van der Waals surface area contributed by atoms with Crippen LogP contribution in [0.5, 0.6) is 0 Å². The molecule has 0 bridgehead atoms. The zero-order valence-electron chi connectivity index (χ0n) is 12.6. The van der Waals surface area contributed by atoms with Crippen LogP contribution in [0, 0.1) is 5.82 Å². The average Bonchev–Trinajstić information content (AvgIpc) is 3.01. The van der Waals surface area contributed by atoms with Crippen molar-refractivity contribution in [2.24, 2.45) is 0 Å². The van der Waals surface area contributed by atoms with Crippen LogP contribution in [-0.2, 0) is 4.79 Å². The third kappa shape index (κ3) is 3.70. The number of hydrogen-bond acceptors (Lipinski definition) is 8. The van der Waals surface area contributed by atoms with Crippen molar-refractivity contribution in [1.82, 2.24) is 19.9 Å². The maximum atomic E-state index is 14.0. The molecule has 1 atom stereocenters. The number of nitrogen functional groups attached to an aromatic ring is 2. The molecule has 1 fully saturated rings. The number of halogens is 1. The molecule has 24 heavy (non-hydrogen) atoms. The number of carbonyl (C=O) groups is 1. The van der Waals surface area contributed by atoms with Gasteiger partial charge >= 0.3 is 0 Å². The smallest absolute Gasteiger partial charge is 0.234 e. The fourth-order valence-electron chi connectivity index (χ4n) is 2.32. The normalized spacial score (nSPS) is 17.2. The van der Waals surface area contributed by atoms with E-state index in [2.05, 4.69) is 15.0 Å². The van der Waals surface area contributed by atoms with Gasteiger partial charge in [0.25, 0.3) is 0 Å². The highest BCUT2D eigenvalue weighted by Gasteiger charge is 2.32. The van der Waals surface area contributed by atoms with Crippen LogP contribution in [0.2, 0.25) is 0 Å². The van der Waals surface area contributed by atoms with Crippen molar-refractivity contribution in [3.05, 3.63) is 35.6 Å². The Bertz CT molecular complexity index is 742. The lowest BCUT2D eigenvalue weighted by molar-refractivity contribution is -0.128. The molecule has 1 aromatic carbocycles. The van der Waals surface area contributed by atoms with Crippen molar-refractivity contribution in [3.63, 3.8) is 0 Å². The third-order valence-corrected chi connectivity index (χ3v) is 5.43. The number of amides is 1. The van der Waals surface area contributed by atoms with E-state index in [-0.39, 0.29) is 34.7 Å². The van der Waals surface area contributed by atoms with E-state index >= 15 is 0 Å². The van der Waals surface area contributed by atoms with Gasteiger partial charge in [-0.2, -0.15) is 15.0 Å². The fraction of sp³-hybridized carbons (Fsp3) is 0.286.